The van der Waals surface area contributed by atoms with Crippen LogP contribution in [0.5, 0.6) is 0 Å². The zero-order chi connectivity index (χ0) is 26.3. The zero-order valence-corrected chi connectivity index (χ0v) is 21.5. The highest BCUT2D eigenvalue weighted by Gasteiger charge is 2.64. The van der Waals surface area contributed by atoms with E-state index in [0.717, 1.165) is 15.7 Å². The van der Waals surface area contributed by atoms with Crippen LogP contribution in [0, 0.1) is 5.92 Å². The maximum atomic E-state index is 13.9. The Balaban J connectivity index is 1.88. The predicted molar refractivity (Wildman–Crippen MR) is 132 cm³/mol. The lowest BCUT2D eigenvalue weighted by Crippen LogP contribution is -2.75. The first kappa shape index (κ1) is 26.3. The number of hydrogen-bond donors (Lipinski definition) is 3. The van der Waals surface area contributed by atoms with Crippen molar-refractivity contribution in [3.63, 3.8) is 0 Å². The van der Waals surface area contributed by atoms with E-state index in [9.17, 15) is 28.2 Å². The standard InChI is InChI=1S/C25H33N3O7S/c1-4-22(30)27-15-13-21(29)25(27,20-10-7-14-28(23(31)32)24(20,2)35-3)26-36(33,34)19-12-11-17-8-5-6-9-18(17)16-19/h5-6,8-9,11-12,16,20-21,26,29H,4,7,10,13-15H2,1-3H3,(H,31,32). The second kappa shape index (κ2) is 9.62. The maximum Gasteiger partial charge on any atom is 0.409 e. The lowest BCUT2D eigenvalue weighted by molar-refractivity contribution is -0.210. The van der Waals surface area contributed by atoms with E-state index in [4.69, 9.17) is 4.74 Å². The highest BCUT2D eigenvalue weighted by molar-refractivity contribution is 7.89. The average Bonchev–Trinajstić information content (AvgIpc) is 3.18. The summed E-state index contributed by atoms with van der Waals surface area (Å²) in [6.45, 7) is 3.53. The Labute approximate surface area is 210 Å². The van der Waals surface area contributed by atoms with Crippen LogP contribution in [0.25, 0.3) is 10.8 Å². The minimum Gasteiger partial charge on any atom is -0.465 e. The fourth-order valence-corrected chi connectivity index (χ4v) is 7.35. The third-order valence-electron chi connectivity index (χ3n) is 7.75. The highest BCUT2D eigenvalue weighted by Crippen LogP contribution is 2.47. The molecule has 2 saturated heterocycles. The molecular formula is C25H33N3O7S. The molecule has 2 aromatic rings. The van der Waals surface area contributed by atoms with Crippen molar-refractivity contribution in [2.75, 3.05) is 20.2 Å². The molecule has 2 aromatic carbocycles. The van der Waals surface area contributed by atoms with E-state index in [1.54, 1.807) is 32.0 Å². The Kier molecular flexibility index (Phi) is 7.04. The molecule has 0 spiro atoms. The van der Waals surface area contributed by atoms with Crippen LogP contribution in [0.1, 0.15) is 39.5 Å². The molecule has 10 nitrogen and oxygen atoms in total. The summed E-state index contributed by atoms with van der Waals surface area (Å²) in [5, 5.41) is 22.9. The summed E-state index contributed by atoms with van der Waals surface area (Å²) in [6.07, 6.45) is -1.54. The molecule has 2 aliphatic heterocycles. The molecule has 2 heterocycles. The summed E-state index contributed by atoms with van der Waals surface area (Å²) in [4.78, 5) is 27.7. The van der Waals surface area contributed by atoms with Crippen LogP contribution in [-0.2, 0) is 19.6 Å². The van der Waals surface area contributed by atoms with Crippen LogP contribution in [0.4, 0.5) is 4.79 Å². The van der Waals surface area contributed by atoms with E-state index in [1.165, 1.54) is 18.1 Å². The van der Waals surface area contributed by atoms with Crippen LogP contribution in [0.3, 0.4) is 0 Å². The number of amides is 2. The number of rotatable bonds is 6. The first-order valence-corrected chi connectivity index (χ1v) is 13.6. The molecule has 0 bridgehead atoms. The largest absolute Gasteiger partial charge is 0.465 e. The van der Waals surface area contributed by atoms with Gasteiger partial charge in [-0.1, -0.05) is 37.3 Å². The fourth-order valence-electron chi connectivity index (χ4n) is 5.88. The van der Waals surface area contributed by atoms with Gasteiger partial charge in [-0.25, -0.2) is 13.2 Å². The quantitative estimate of drug-likeness (QED) is 0.534. The SMILES string of the molecule is CCC(=O)N1CCC(O)C1(NS(=O)(=O)c1ccc2ccccc2c1)C1CCCN(C(=O)O)C1(C)OC. The topological polar surface area (TPSA) is 136 Å². The summed E-state index contributed by atoms with van der Waals surface area (Å²) < 4.78 is 36.2. The third kappa shape index (κ3) is 4.13. The highest BCUT2D eigenvalue weighted by atomic mass is 32.2. The molecule has 0 aliphatic carbocycles. The van der Waals surface area contributed by atoms with Crippen LogP contribution >= 0.6 is 0 Å². The summed E-state index contributed by atoms with van der Waals surface area (Å²) in [5.74, 6) is -1.23. The number of ether oxygens (including phenoxy) is 1. The monoisotopic (exact) mass is 519 g/mol. The van der Waals surface area contributed by atoms with Gasteiger partial charge in [0.15, 0.2) is 0 Å². The molecule has 36 heavy (non-hydrogen) atoms. The van der Waals surface area contributed by atoms with Crippen molar-refractivity contribution < 1.29 is 33.0 Å². The summed E-state index contributed by atoms with van der Waals surface area (Å²) in [7, 11) is -2.92. The number of carbonyl (C=O) groups excluding carboxylic acids is 1. The van der Waals surface area contributed by atoms with Gasteiger partial charge in [0, 0.05) is 32.5 Å². The lowest BCUT2D eigenvalue weighted by Gasteiger charge is -2.56. The van der Waals surface area contributed by atoms with Crippen molar-refractivity contribution >= 4 is 32.8 Å². The molecule has 2 fully saturated rings. The van der Waals surface area contributed by atoms with Gasteiger partial charge in [-0.05, 0) is 49.1 Å². The molecule has 0 saturated carbocycles. The number of nitrogens with zero attached hydrogens (tertiary/aromatic N) is 2. The van der Waals surface area contributed by atoms with Gasteiger partial charge < -0.3 is 19.8 Å². The number of nitrogens with one attached hydrogen (secondary N) is 1. The number of hydrogen-bond acceptors (Lipinski definition) is 6. The van der Waals surface area contributed by atoms with Gasteiger partial charge in [0.1, 0.15) is 11.4 Å². The number of aliphatic hydroxyl groups excluding tert-OH is 1. The van der Waals surface area contributed by atoms with Gasteiger partial charge >= 0.3 is 6.09 Å². The Hall–Kier alpha value is -2.73. The molecule has 0 radical (unpaired) electrons. The Morgan fingerprint density at radius 2 is 1.81 bits per heavy atom. The molecule has 0 aromatic heterocycles. The van der Waals surface area contributed by atoms with E-state index >= 15 is 0 Å². The molecular weight excluding hydrogens is 486 g/mol. The Morgan fingerprint density at radius 3 is 2.44 bits per heavy atom. The van der Waals surface area contributed by atoms with Gasteiger partial charge in [0.25, 0.3) is 0 Å². The minimum absolute atomic E-state index is 0.0198. The zero-order valence-electron chi connectivity index (χ0n) is 20.7. The van der Waals surface area contributed by atoms with Crippen molar-refractivity contribution in [2.45, 2.75) is 61.9 Å². The number of sulfonamides is 1. The number of carbonyl (C=O) groups is 2. The van der Waals surface area contributed by atoms with E-state index in [0.29, 0.717) is 12.8 Å². The molecule has 2 amide bonds. The lowest BCUT2D eigenvalue weighted by atomic mass is 9.75. The van der Waals surface area contributed by atoms with Crippen molar-refractivity contribution in [1.82, 2.24) is 14.5 Å². The second-order valence-electron chi connectivity index (χ2n) is 9.53. The number of carboxylic acid groups (broad SMARTS) is 1. The van der Waals surface area contributed by atoms with Gasteiger partial charge in [0.05, 0.1) is 11.0 Å². The van der Waals surface area contributed by atoms with E-state index in [2.05, 4.69) is 4.72 Å². The number of piperidine rings is 1. The molecule has 2 aliphatic rings. The number of likely N-dealkylation sites (tertiary alicyclic amines) is 2. The summed E-state index contributed by atoms with van der Waals surface area (Å²) >= 11 is 0. The Morgan fingerprint density at radius 1 is 1.11 bits per heavy atom. The second-order valence-corrected chi connectivity index (χ2v) is 11.2. The van der Waals surface area contributed by atoms with Gasteiger partial charge in [-0.3, -0.25) is 9.69 Å². The van der Waals surface area contributed by atoms with E-state index < -0.39 is 39.5 Å². The average molecular weight is 520 g/mol. The molecule has 4 atom stereocenters. The van der Waals surface area contributed by atoms with Gasteiger partial charge in [-0.2, -0.15) is 4.72 Å². The van der Waals surface area contributed by atoms with Crippen molar-refractivity contribution in [2.24, 2.45) is 5.92 Å². The molecule has 4 rings (SSSR count). The Bertz CT molecular complexity index is 1270. The van der Waals surface area contributed by atoms with Crippen molar-refractivity contribution in [1.29, 1.82) is 0 Å². The van der Waals surface area contributed by atoms with Crippen LogP contribution in [0.2, 0.25) is 0 Å². The maximum absolute atomic E-state index is 13.9. The number of benzene rings is 2. The first-order chi connectivity index (χ1) is 17.0. The first-order valence-electron chi connectivity index (χ1n) is 12.1. The van der Waals surface area contributed by atoms with Crippen molar-refractivity contribution in [3.05, 3.63) is 42.5 Å². The summed E-state index contributed by atoms with van der Waals surface area (Å²) in [5.41, 5.74) is -3.32. The van der Waals surface area contributed by atoms with Crippen LogP contribution < -0.4 is 4.72 Å². The van der Waals surface area contributed by atoms with Gasteiger partial charge in [0.2, 0.25) is 15.9 Å². The van der Waals surface area contributed by atoms with Gasteiger partial charge in [-0.15, -0.1) is 0 Å². The number of aliphatic hydroxyl groups is 1. The molecule has 11 heteroatoms. The fraction of sp³-hybridized carbons (Fsp3) is 0.520. The van der Waals surface area contributed by atoms with E-state index in [1.807, 2.05) is 18.2 Å². The van der Waals surface area contributed by atoms with Crippen molar-refractivity contribution in [3.8, 4) is 0 Å². The number of methoxy groups -OCH3 is 1. The normalized spacial score (nSPS) is 29.0. The third-order valence-corrected chi connectivity index (χ3v) is 9.22. The summed E-state index contributed by atoms with van der Waals surface area (Å²) in [6, 6.07) is 12.1. The van der Waals surface area contributed by atoms with Crippen LogP contribution in [-0.4, -0.2) is 78.1 Å². The minimum atomic E-state index is -4.27. The van der Waals surface area contributed by atoms with E-state index in [-0.39, 0.29) is 36.7 Å². The smallest absolute Gasteiger partial charge is 0.409 e. The molecule has 196 valence electrons. The molecule has 4 unspecified atom stereocenters. The molecule has 3 N–H and O–H groups in total. The number of fused-ring (bicyclic) bond motifs is 1. The van der Waals surface area contributed by atoms with Crippen LogP contribution in [0.15, 0.2) is 47.4 Å². The predicted octanol–water partition coefficient (Wildman–Crippen LogP) is 2.57.